The van der Waals surface area contributed by atoms with Crippen LogP contribution in [-0.2, 0) is 6.54 Å². The van der Waals surface area contributed by atoms with Crippen LogP contribution in [0.2, 0.25) is 0 Å². The molecule has 0 aliphatic heterocycles. The summed E-state index contributed by atoms with van der Waals surface area (Å²) in [7, 11) is 0. The van der Waals surface area contributed by atoms with Gasteiger partial charge in [0.25, 0.3) is 5.91 Å². The van der Waals surface area contributed by atoms with Gasteiger partial charge in [-0.3, -0.25) is 9.69 Å². The molecule has 2 heterocycles. The second-order valence-electron chi connectivity index (χ2n) is 8.32. The molecule has 0 saturated heterocycles. The molecule has 6 heteroatoms. The van der Waals surface area contributed by atoms with Crippen molar-refractivity contribution in [2.75, 3.05) is 13.1 Å². The maximum atomic E-state index is 12.8. The smallest absolute Gasteiger partial charge is 0.261 e. The van der Waals surface area contributed by atoms with E-state index in [9.17, 15) is 4.79 Å². The number of hydrogen-bond acceptors (Lipinski definition) is 4. The third kappa shape index (κ3) is 5.09. The summed E-state index contributed by atoms with van der Waals surface area (Å²) >= 11 is 1.50. The van der Waals surface area contributed by atoms with Gasteiger partial charge in [0, 0.05) is 31.1 Å². The molecule has 0 radical (unpaired) electrons. The fraction of sp³-hybridized carbons (Fsp3) is 0.308. The minimum Gasteiger partial charge on any atom is -0.351 e. The standard InChI is InChI=1S/C26H30N4OS/c1-19(2)29(18-21-11-6-4-7-12-21)16-10-15-27-25(31)24-17-23-20(3)28-30(26(23)32-24)22-13-8-5-9-14-22/h4-9,11-14,17,19H,10,15-16,18H2,1-3H3,(H,27,31). The molecule has 1 amide bonds. The van der Waals surface area contributed by atoms with E-state index in [4.69, 9.17) is 0 Å². The van der Waals surface area contributed by atoms with Crippen molar-refractivity contribution < 1.29 is 4.79 Å². The number of aryl methyl sites for hydroxylation is 1. The molecule has 1 N–H and O–H groups in total. The SMILES string of the molecule is Cc1nn(-c2ccccc2)c2sc(C(=O)NCCCN(Cc3ccccc3)C(C)C)cc12. The van der Waals surface area contributed by atoms with Crippen LogP contribution in [0.3, 0.4) is 0 Å². The summed E-state index contributed by atoms with van der Waals surface area (Å²) < 4.78 is 1.93. The summed E-state index contributed by atoms with van der Waals surface area (Å²) in [4.78, 5) is 17.0. The second kappa shape index (κ2) is 10.1. The summed E-state index contributed by atoms with van der Waals surface area (Å²) in [6, 6.07) is 23.0. The molecule has 0 saturated carbocycles. The van der Waals surface area contributed by atoms with Gasteiger partial charge in [-0.05, 0) is 51.0 Å². The number of nitrogens with zero attached hydrogens (tertiary/aromatic N) is 3. The Balaban J connectivity index is 1.36. The van der Waals surface area contributed by atoms with Crippen molar-refractivity contribution in [2.45, 2.75) is 39.8 Å². The number of thiophene rings is 1. The van der Waals surface area contributed by atoms with Crippen molar-refractivity contribution in [3.8, 4) is 5.69 Å². The van der Waals surface area contributed by atoms with Crippen molar-refractivity contribution in [1.29, 1.82) is 0 Å². The Morgan fingerprint density at radius 2 is 1.78 bits per heavy atom. The van der Waals surface area contributed by atoms with Crippen LogP contribution in [0.5, 0.6) is 0 Å². The minimum atomic E-state index is -0.00984. The van der Waals surface area contributed by atoms with Crippen LogP contribution in [0, 0.1) is 6.92 Å². The summed E-state index contributed by atoms with van der Waals surface area (Å²) in [5.41, 5.74) is 3.26. The molecular formula is C26H30N4OS. The van der Waals surface area contributed by atoms with Crippen LogP contribution >= 0.6 is 11.3 Å². The average molecular weight is 447 g/mol. The van der Waals surface area contributed by atoms with E-state index in [1.165, 1.54) is 16.9 Å². The van der Waals surface area contributed by atoms with Gasteiger partial charge in [-0.25, -0.2) is 4.68 Å². The Labute approximate surface area is 193 Å². The normalized spacial score (nSPS) is 11.5. The van der Waals surface area contributed by atoms with Gasteiger partial charge in [-0.15, -0.1) is 11.3 Å². The number of aromatic nitrogens is 2. The van der Waals surface area contributed by atoms with Crippen molar-refractivity contribution >= 4 is 27.5 Å². The van der Waals surface area contributed by atoms with E-state index in [1.54, 1.807) is 0 Å². The molecule has 0 aliphatic rings. The number of carbonyl (C=O) groups is 1. The second-order valence-corrected chi connectivity index (χ2v) is 9.35. The zero-order valence-corrected chi connectivity index (χ0v) is 19.7. The molecule has 0 unspecified atom stereocenters. The van der Waals surface area contributed by atoms with E-state index in [1.807, 2.05) is 54.1 Å². The number of nitrogens with one attached hydrogen (secondary N) is 1. The zero-order chi connectivity index (χ0) is 22.5. The molecule has 0 bridgehead atoms. The quantitative estimate of drug-likeness (QED) is 0.349. The third-order valence-electron chi connectivity index (χ3n) is 5.64. The highest BCUT2D eigenvalue weighted by Gasteiger charge is 2.17. The van der Waals surface area contributed by atoms with Gasteiger partial charge in [0.05, 0.1) is 16.3 Å². The number of rotatable bonds is 9. The van der Waals surface area contributed by atoms with Gasteiger partial charge in [-0.2, -0.15) is 5.10 Å². The Morgan fingerprint density at radius 3 is 2.47 bits per heavy atom. The molecule has 0 fully saturated rings. The first-order valence-electron chi connectivity index (χ1n) is 11.1. The van der Waals surface area contributed by atoms with Gasteiger partial charge in [0.1, 0.15) is 4.83 Å². The topological polar surface area (TPSA) is 50.2 Å². The monoisotopic (exact) mass is 446 g/mol. The molecule has 2 aromatic heterocycles. The lowest BCUT2D eigenvalue weighted by atomic mass is 10.2. The predicted octanol–water partition coefficient (Wildman–Crippen LogP) is 5.43. The molecule has 166 valence electrons. The maximum absolute atomic E-state index is 12.8. The zero-order valence-electron chi connectivity index (χ0n) is 18.9. The van der Waals surface area contributed by atoms with Crippen LogP contribution in [0.25, 0.3) is 15.9 Å². The Hall–Kier alpha value is -2.96. The molecule has 2 aromatic carbocycles. The molecule has 0 aliphatic carbocycles. The molecule has 0 atom stereocenters. The van der Waals surface area contributed by atoms with Gasteiger partial charge in [0.2, 0.25) is 0 Å². The number of hydrogen-bond donors (Lipinski definition) is 1. The van der Waals surface area contributed by atoms with Gasteiger partial charge in [-0.1, -0.05) is 48.5 Å². The predicted molar refractivity (Wildman–Crippen MR) is 133 cm³/mol. The molecule has 32 heavy (non-hydrogen) atoms. The van der Waals surface area contributed by atoms with Crippen molar-refractivity contribution in [3.63, 3.8) is 0 Å². The third-order valence-corrected chi connectivity index (χ3v) is 6.74. The van der Waals surface area contributed by atoms with Crippen molar-refractivity contribution in [3.05, 3.63) is 82.9 Å². The average Bonchev–Trinajstić information content (AvgIpc) is 3.37. The lowest BCUT2D eigenvalue weighted by Gasteiger charge is -2.26. The summed E-state index contributed by atoms with van der Waals surface area (Å²) in [6.07, 6.45) is 0.915. The molecule has 4 aromatic rings. The van der Waals surface area contributed by atoms with E-state index in [-0.39, 0.29) is 5.91 Å². The largest absolute Gasteiger partial charge is 0.351 e. The first-order chi connectivity index (χ1) is 15.5. The first-order valence-corrected chi connectivity index (χ1v) is 12.0. The number of carbonyl (C=O) groups excluding carboxylic acids is 1. The number of para-hydroxylation sites is 1. The summed E-state index contributed by atoms with van der Waals surface area (Å²) in [6.45, 7) is 8.96. The van der Waals surface area contributed by atoms with Crippen LogP contribution in [0.1, 0.15) is 41.2 Å². The summed E-state index contributed by atoms with van der Waals surface area (Å²) in [5.74, 6) is -0.00984. The van der Waals surface area contributed by atoms with Crippen molar-refractivity contribution in [1.82, 2.24) is 20.0 Å². The van der Waals surface area contributed by atoms with Gasteiger partial charge >= 0.3 is 0 Å². The lowest BCUT2D eigenvalue weighted by Crippen LogP contribution is -2.33. The molecular weight excluding hydrogens is 416 g/mol. The van der Waals surface area contributed by atoms with E-state index in [0.29, 0.717) is 12.6 Å². The van der Waals surface area contributed by atoms with E-state index < -0.39 is 0 Å². The van der Waals surface area contributed by atoms with E-state index in [2.05, 4.69) is 53.4 Å². The van der Waals surface area contributed by atoms with E-state index in [0.717, 1.165) is 46.0 Å². The molecule has 5 nitrogen and oxygen atoms in total. The van der Waals surface area contributed by atoms with Crippen LogP contribution in [0.4, 0.5) is 0 Å². The minimum absolute atomic E-state index is 0.00984. The molecule has 4 rings (SSSR count). The Bertz CT molecular complexity index is 1160. The Kier molecular flexibility index (Phi) is 7.02. The number of amides is 1. The highest BCUT2D eigenvalue weighted by atomic mass is 32.1. The van der Waals surface area contributed by atoms with Gasteiger partial charge in [0.15, 0.2) is 0 Å². The number of fused-ring (bicyclic) bond motifs is 1. The Morgan fingerprint density at radius 1 is 1.09 bits per heavy atom. The van der Waals surface area contributed by atoms with Crippen molar-refractivity contribution in [2.24, 2.45) is 0 Å². The number of benzene rings is 2. The highest BCUT2D eigenvalue weighted by molar-refractivity contribution is 7.20. The maximum Gasteiger partial charge on any atom is 0.261 e. The lowest BCUT2D eigenvalue weighted by molar-refractivity contribution is 0.0954. The van der Waals surface area contributed by atoms with Gasteiger partial charge < -0.3 is 5.32 Å². The molecule has 0 spiro atoms. The summed E-state index contributed by atoms with van der Waals surface area (Å²) in [5, 5.41) is 8.80. The van der Waals surface area contributed by atoms with Crippen LogP contribution < -0.4 is 5.32 Å². The van der Waals surface area contributed by atoms with E-state index >= 15 is 0 Å². The first kappa shape index (κ1) is 22.2. The van der Waals surface area contributed by atoms with Crippen LogP contribution in [-0.4, -0.2) is 39.7 Å². The fourth-order valence-corrected chi connectivity index (χ4v) is 4.91. The fourth-order valence-electron chi connectivity index (χ4n) is 3.81. The highest BCUT2D eigenvalue weighted by Crippen LogP contribution is 2.30. The van der Waals surface area contributed by atoms with Crippen LogP contribution in [0.15, 0.2) is 66.7 Å².